The number of hydrogen-bond donors (Lipinski definition) is 1. The van der Waals surface area contributed by atoms with Crippen LogP contribution in [-0.2, 0) is 19.5 Å². The van der Waals surface area contributed by atoms with Crippen molar-refractivity contribution >= 4 is 38.8 Å². The Balaban J connectivity index is 2.07. The molecule has 1 aromatic heterocycles. The van der Waals surface area contributed by atoms with E-state index < -0.39 is 33.4 Å². The van der Waals surface area contributed by atoms with Crippen LogP contribution >= 0.6 is 0 Å². The largest absolute Gasteiger partial charge is 0.443 e. The number of hydrogen-bond acceptors (Lipinski definition) is 7. The number of amides is 2. The molecule has 0 atom stereocenters. The smallest absolute Gasteiger partial charge is 0.434 e. The molecule has 3 aromatic rings. The molecule has 10 nitrogen and oxygen atoms in total. The Kier molecular flexibility index (Phi) is 6.85. The van der Waals surface area contributed by atoms with Gasteiger partial charge in [-0.2, -0.15) is 22.6 Å². The quantitative estimate of drug-likeness (QED) is 0.513. The molecule has 0 aliphatic carbocycles. The van der Waals surface area contributed by atoms with Gasteiger partial charge in [0.2, 0.25) is 0 Å². The van der Waals surface area contributed by atoms with Crippen molar-refractivity contribution in [1.82, 2.24) is 14.6 Å². The first-order valence-corrected chi connectivity index (χ1v) is 12.3. The lowest BCUT2D eigenvalue weighted by molar-refractivity contribution is 0.0425. The maximum Gasteiger partial charge on any atom is 0.434 e. The number of carbonyl (C=O) groups is 2. The average molecular weight is 503 g/mol. The zero-order valence-corrected chi connectivity index (χ0v) is 21.6. The Hall–Kier alpha value is -3.60. The summed E-state index contributed by atoms with van der Waals surface area (Å²) in [6.45, 7) is 12.0. The third kappa shape index (κ3) is 6.30. The summed E-state index contributed by atoms with van der Waals surface area (Å²) in [5.41, 5.74) is 1.99. The highest BCUT2D eigenvalue weighted by Crippen LogP contribution is 2.26. The van der Waals surface area contributed by atoms with Crippen LogP contribution in [0.5, 0.6) is 0 Å². The van der Waals surface area contributed by atoms with Crippen LogP contribution in [0.25, 0.3) is 10.9 Å². The Morgan fingerprint density at radius 1 is 0.943 bits per heavy atom. The van der Waals surface area contributed by atoms with Crippen molar-refractivity contribution in [3.8, 4) is 0 Å². The number of fused-ring (bicyclic) bond motifs is 1. The molecule has 0 aliphatic rings. The Bertz CT molecular complexity index is 1350. The van der Waals surface area contributed by atoms with Crippen molar-refractivity contribution in [3.63, 3.8) is 0 Å². The maximum absolute atomic E-state index is 13.3. The van der Waals surface area contributed by atoms with Crippen LogP contribution in [0.1, 0.15) is 47.1 Å². The maximum atomic E-state index is 13.3. The predicted octanol–water partition coefficient (Wildman–Crippen LogP) is 4.76. The molecular formula is C24H30N4O6S. The summed E-state index contributed by atoms with van der Waals surface area (Å²) < 4.78 is 38.1. The van der Waals surface area contributed by atoms with E-state index in [1.807, 2.05) is 6.92 Å². The van der Waals surface area contributed by atoms with Gasteiger partial charge in [-0.05, 0) is 78.8 Å². The van der Waals surface area contributed by atoms with E-state index >= 15 is 0 Å². The van der Waals surface area contributed by atoms with E-state index in [4.69, 9.17) is 9.47 Å². The van der Waals surface area contributed by atoms with Crippen molar-refractivity contribution in [1.29, 1.82) is 0 Å². The summed E-state index contributed by atoms with van der Waals surface area (Å²) in [7, 11) is -4.02. The lowest BCUT2D eigenvalue weighted by atomic mass is 10.2. The fourth-order valence-corrected chi connectivity index (χ4v) is 4.31. The molecule has 11 heteroatoms. The minimum atomic E-state index is -4.02. The molecule has 1 heterocycles. The van der Waals surface area contributed by atoms with Crippen LogP contribution in [0.4, 0.5) is 15.3 Å². The summed E-state index contributed by atoms with van der Waals surface area (Å²) in [4.78, 5) is 25.5. The van der Waals surface area contributed by atoms with Crippen LogP contribution in [0.3, 0.4) is 0 Å². The fourth-order valence-electron chi connectivity index (χ4n) is 3.04. The minimum absolute atomic E-state index is 0.0642. The monoisotopic (exact) mass is 502 g/mol. The predicted molar refractivity (Wildman–Crippen MR) is 132 cm³/mol. The molecule has 1 N–H and O–H groups in total. The molecule has 0 fully saturated rings. The average Bonchev–Trinajstić information content (AvgIpc) is 3.13. The van der Waals surface area contributed by atoms with E-state index in [1.165, 1.54) is 30.5 Å². The zero-order chi connectivity index (χ0) is 26.2. The highest BCUT2D eigenvalue weighted by Gasteiger charge is 2.28. The lowest BCUT2D eigenvalue weighted by Crippen LogP contribution is -2.50. The SMILES string of the molecule is Cc1ccc(S(=O)(=O)n2ncc3ccc(N(NC(=O)OC(C)(C)C)C(=O)OC(C)(C)C)cc32)cc1. The van der Waals surface area contributed by atoms with E-state index in [0.717, 1.165) is 14.7 Å². The van der Waals surface area contributed by atoms with Crippen LogP contribution in [-0.4, -0.2) is 41.0 Å². The molecule has 2 amide bonds. The summed E-state index contributed by atoms with van der Waals surface area (Å²) >= 11 is 0. The molecule has 35 heavy (non-hydrogen) atoms. The summed E-state index contributed by atoms with van der Waals surface area (Å²) in [5, 5.41) is 5.45. The van der Waals surface area contributed by atoms with Gasteiger partial charge < -0.3 is 9.47 Å². The normalized spacial score (nSPS) is 12.3. The fraction of sp³-hybridized carbons (Fsp3) is 0.375. The summed E-state index contributed by atoms with van der Waals surface area (Å²) in [6, 6.07) is 10.9. The molecule has 0 spiro atoms. The Morgan fingerprint density at radius 2 is 1.54 bits per heavy atom. The third-order valence-corrected chi connectivity index (χ3v) is 6.12. The summed E-state index contributed by atoms with van der Waals surface area (Å²) in [5.74, 6) is 0. The van der Waals surface area contributed by atoms with Gasteiger partial charge in [-0.3, -0.25) is 0 Å². The first-order chi connectivity index (χ1) is 16.1. The van der Waals surface area contributed by atoms with Gasteiger partial charge in [0.25, 0.3) is 10.0 Å². The van der Waals surface area contributed by atoms with Crippen molar-refractivity contribution in [2.45, 2.75) is 64.6 Å². The summed E-state index contributed by atoms with van der Waals surface area (Å²) in [6.07, 6.45) is -0.358. The molecule has 3 rings (SSSR count). The van der Waals surface area contributed by atoms with Crippen LogP contribution in [0, 0.1) is 6.92 Å². The number of benzene rings is 2. The van der Waals surface area contributed by atoms with Gasteiger partial charge >= 0.3 is 12.2 Å². The number of nitrogens with one attached hydrogen (secondary N) is 1. The number of aryl methyl sites for hydroxylation is 1. The first kappa shape index (κ1) is 26.0. The number of aromatic nitrogens is 2. The molecule has 0 bridgehead atoms. The number of nitrogens with zero attached hydrogens (tertiary/aromatic N) is 3. The molecule has 0 saturated carbocycles. The van der Waals surface area contributed by atoms with Crippen molar-refractivity contribution in [2.24, 2.45) is 0 Å². The van der Waals surface area contributed by atoms with Gasteiger partial charge in [-0.15, -0.1) is 0 Å². The zero-order valence-electron chi connectivity index (χ0n) is 20.8. The van der Waals surface area contributed by atoms with Gasteiger partial charge in [-0.25, -0.2) is 15.0 Å². The number of carbonyl (C=O) groups excluding carboxylic acids is 2. The molecule has 0 radical (unpaired) electrons. The van der Waals surface area contributed by atoms with Crippen LogP contribution < -0.4 is 10.4 Å². The second kappa shape index (κ2) is 9.21. The van der Waals surface area contributed by atoms with Gasteiger partial charge in [-0.1, -0.05) is 17.7 Å². The minimum Gasteiger partial charge on any atom is -0.443 e. The van der Waals surface area contributed by atoms with Crippen molar-refractivity contribution in [3.05, 3.63) is 54.2 Å². The number of anilines is 1. The number of hydrazine groups is 1. The topological polar surface area (TPSA) is 120 Å². The van der Waals surface area contributed by atoms with E-state index in [0.29, 0.717) is 5.39 Å². The molecule has 188 valence electrons. The number of ether oxygens (including phenoxy) is 2. The van der Waals surface area contributed by atoms with E-state index in [1.54, 1.807) is 59.7 Å². The van der Waals surface area contributed by atoms with Crippen molar-refractivity contribution in [2.75, 3.05) is 5.01 Å². The van der Waals surface area contributed by atoms with Gasteiger partial charge in [0.15, 0.2) is 0 Å². The van der Waals surface area contributed by atoms with Crippen LogP contribution in [0.15, 0.2) is 53.6 Å². The molecule has 0 aliphatic heterocycles. The number of rotatable bonds is 3. The third-order valence-electron chi connectivity index (χ3n) is 4.50. The standard InChI is InChI=1S/C24H30N4O6S/c1-16-8-12-19(13-9-16)35(31,32)28-20-14-18(11-10-17(20)15-25-28)27(22(30)34-24(5,6)7)26-21(29)33-23(2,3)4/h8-15H,1-7H3,(H,26,29). The Morgan fingerprint density at radius 3 is 2.11 bits per heavy atom. The Labute approximate surface area is 204 Å². The van der Waals surface area contributed by atoms with Gasteiger partial charge in [0.05, 0.1) is 22.3 Å². The highest BCUT2D eigenvalue weighted by molar-refractivity contribution is 7.90. The second-order valence-corrected chi connectivity index (χ2v) is 11.7. The van der Waals surface area contributed by atoms with Crippen molar-refractivity contribution < 1.29 is 27.5 Å². The van der Waals surface area contributed by atoms with Gasteiger partial charge in [0, 0.05) is 5.39 Å². The van der Waals surface area contributed by atoms with Crippen LogP contribution in [0.2, 0.25) is 0 Å². The first-order valence-electron chi connectivity index (χ1n) is 10.9. The van der Waals surface area contributed by atoms with Gasteiger partial charge in [0.1, 0.15) is 11.2 Å². The lowest BCUT2D eigenvalue weighted by Gasteiger charge is -2.28. The molecule has 2 aromatic carbocycles. The van der Waals surface area contributed by atoms with E-state index in [-0.39, 0.29) is 16.1 Å². The molecular weight excluding hydrogens is 472 g/mol. The molecule has 0 saturated heterocycles. The highest BCUT2D eigenvalue weighted by atomic mass is 32.2. The van der Waals surface area contributed by atoms with E-state index in [2.05, 4.69) is 10.5 Å². The van der Waals surface area contributed by atoms with E-state index in [9.17, 15) is 18.0 Å². The second-order valence-electron chi connectivity index (χ2n) is 9.98. The molecule has 0 unspecified atom stereocenters.